The van der Waals surface area contributed by atoms with Crippen LogP contribution in [-0.2, 0) is 6.54 Å². The number of aromatic nitrogens is 2. The van der Waals surface area contributed by atoms with E-state index in [2.05, 4.69) is 20.8 Å². The van der Waals surface area contributed by atoms with Crippen molar-refractivity contribution in [3.05, 3.63) is 83.0 Å². The lowest BCUT2D eigenvalue weighted by Crippen LogP contribution is -2.24. The predicted molar refractivity (Wildman–Crippen MR) is 98.8 cm³/mol. The van der Waals surface area contributed by atoms with Gasteiger partial charge in [-0.2, -0.15) is 0 Å². The highest BCUT2D eigenvalue weighted by atomic mass is 16.1. The van der Waals surface area contributed by atoms with Gasteiger partial charge in [-0.05, 0) is 42.7 Å². The van der Waals surface area contributed by atoms with Crippen molar-refractivity contribution >= 4 is 17.4 Å². The van der Waals surface area contributed by atoms with E-state index in [1.54, 1.807) is 12.1 Å². The van der Waals surface area contributed by atoms with Gasteiger partial charge >= 0.3 is 0 Å². The fourth-order valence-electron chi connectivity index (χ4n) is 2.53. The van der Waals surface area contributed by atoms with E-state index in [9.17, 15) is 4.79 Å². The lowest BCUT2D eigenvalue weighted by atomic mass is 10.1. The second-order valence-corrected chi connectivity index (χ2v) is 5.86. The van der Waals surface area contributed by atoms with Gasteiger partial charge in [0.15, 0.2) is 11.5 Å². The van der Waals surface area contributed by atoms with Crippen LogP contribution in [0.1, 0.15) is 27.2 Å². The molecule has 0 spiro atoms. The van der Waals surface area contributed by atoms with Crippen molar-refractivity contribution < 1.29 is 4.79 Å². The Balaban J connectivity index is 1.64. The average Bonchev–Trinajstić information content (AvgIpc) is 2.64. The van der Waals surface area contributed by atoms with Gasteiger partial charge in [0.1, 0.15) is 0 Å². The maximum Gasteiger partial charge on any atom is 0.272 e. The summed E-state index contributed by atoms with van der Waals surface area (Å²) in [5.74, 6) is 0.368. The SMILES string of the molecule is Cc1cccc(C)c1Nc1ccc(C(=O)NCc2ccccc2)nn1. The summed E-state index contributed by atoms with van der Waals surface area (Å²) in [7, 11) is 0. The Morgan fingerprint density at radius 1 is 0.880 bits per heavy atom. The lowest BCUT2D eigenvalue weighted by Gasteiger charge is -2.11. The Morgan fingerprint density at radius 3 is 2.24 bits per heavy atom. The van der Waals surface area contributed by atoms with Crippen molar-refractivity contribution in [3.8, 4) is 0 Å². The fraction of sp³-hybridized carbons (Fsp3) is 0.150. The molecule has 5 heteroatoms. The third-order valence-electron chi connectivity index (χ3n) is 3.93. The minimum Gasteiger partial charge on any atom is -0.347 e. The molecule has 5 nitrogen and oxygen atoms in total. The molecule has 0 radical (unpaired) electrons. The Morgan fingerprint density at radius 2 is 1.60 bits per heavy atom. The molecule has 0 fully saturated rings. The first-order valence-corrected chi connectivity index (χ1v) is 8.12. The Bertz CT molecular complexity index is 840. The largest absolute Gasteiger partial charge is 0.347 e. The minimum atomic E-state index is -0.241. The van der Waals surface area contributed by atoms with E-state index in [4.69, 9.17) is 0 Å². The van der Waals surface area contributed by atoms with Gasteiger partial charge < -0.3 is 10.6 Å². The summed E-state index contributed by atoms with van der Waals surface area (Å²) in [6.07, 6.45) is 0. The van der Waals surface area contributed by atoms with Crippen molar-refractivity contribution in [3.63, 3.8) is 0 Å². The smallest absolute Gasteiger partial charge is 0.272 e. The van der Waals surface area contributed by atoms with Crippen molar-refractivity contribution in [1.82, 2.24) is 15.5 Å². The molecule has 1 heterocycles. The van der Waals surface area contributed by atoms with Gasteiger partial charge in [-0.1, -0.05) is 48.5 Å². The van der Waals surface area contributed by atoms with Gasteiger partial charge in [0.2, 0.25) is 0 Å². The first kappa shape index (κ1) is 16.6. The van der Waals surface area contributed by atoms with Crippen molar-refractivity contribution in [2.24, 2.45) is 0 Å². The minimum absolute atomic E-state index is 0.241. The number of amides is 1. The summed E-state index contributed by atoms with van der Waals surface area (Å²) in [5.41, 5.74) is 4.61. The molecule has 0 aliphatic carbocycles. The molecule has 2 N–H and O–H groups in total. The number of hydrogen-bond donors (Lipinski definition) is 2. The molecule has 0 saturated heterocycles. The first-order chi connectivity index (χ1) is 12.1. The third kappa shape index (κ3) is 4.20. The van der Waals surface area contributed by atoms with Gasteiger partial charge in [0.25, 0.3) is 5.91 Å². The summed E-state index contributed by atoms with van der Waals surface area (Å²) >= 11 is 0. The lowest BCUT2D eigenvalue weighted by molar-refractivity contribution is 0.0945. The molecule has 2 aromatic carbocycles. The Hall–Kier alpha value is -3.21. The number of nitrogens with one attached hydrogen (secondary N) is 2. The van der Waals surface area contributed by atoms with Gasteiger partial charge in [-0.15, -0.1) is 10.2 Å². The average molecular weight is 332 g/mol. The van der Waals surface area contributed by atoms with Gasteiger partial charge in [0.05, 0.1) is 0 Å². The summed E-state index contributed by atoms with van der Waals surface area (Å²) in [5, 5.41) is 14.2. The molecular weight excluding hydrogens is 312 g/mol. The molecule has 3 rings (SSSR count). The predicted octanol–water partition coefficient (Wildman–Crippen LogP) is 3.77. The molecule has 0 aliphatic rings. The zero-order valence-corrected chi connectivity index (χ0v) is 14.3. The number of para-hydroxylation sites is 1. The fourth-order valence-corrected chi connectivity index (χ4v) is 2.53. The van der Waals surface area contributed by atoms with E-state index in [1.165, 1.54) is 0 Å². The number of benzene rings is 2. The number of hydrogen-bond acceptors (Lipinski definition) is 4. The van der Waals surface area contributed by atoms with Crippen LogP contribution in [0.25, 0.3) is 0 Å². The van der Waals surface area contributed by atoms with Crippen molar-refractivity contribution in [2.45, 2.75) is 20.4 Å². The number of carbonyl (C=O) groups is 1. The maximum absolute atomic E-state index is 12.2. The van der Waals surface area contributed by atoms with Gasteiger partial charge in [-0.25, -0.2) is 0 Å². The van der Waals surface area contributed by atoms with E-state index >= 15 is 0 Å². The highest BCUT2D eigenvalue weighted by Gasteiger charge is 2.09. The van der Waals surface area contributed by atoms with Crippen molar-refractivity contribution in [2.75, 3.05) is 5.32 Å². The Labute approximate surface area is 147 Å². The van der Waals surface area contributed by atoms with Gasteiger partial charge in [0, 0.05) is 12.2 Å². The van der Waals surface area contributed by atoms with Gasteiger partial charge in [-0.3, -0.25) is 4.79 Å². The summed E-state index contributed by atoms with van der Waals surface area (Å²) in [6.45, 7) is 4.53. The zero-order valence-electron chi connectivity index (χ0n) is 14.3. The second-order valence-electron chi connectivity index (χ2n) is 5.86. The molecule has 126 valence electrons. The van der Waals surface area contributed by atoms with Crippen LogP contribution in [-0.4, -0.2) is 16.1 Å². The number of anilines is 2. The van der Waals surface area contributed by atoms with E-state index in [0.29, 0.717) is 18.1 Å². The summed E-state index contributed by atoms with van der Waals surface area (Å²) in [6, 6.07) is 19.3. The molecule has 0 bridgehead atoms. The van der Waals surface area contributed by atoms with Crippen LogP contribution in [0, 0.1) is 13.8 Å². The van der Waals surface area contributed by atoms with E-state index in [-0.39, 0.29) is 5.91 Å². The quantitative estimate of drug-likeness (QED) is 0.746. The molecular formula is C20H20N4O. The molecule has 0 aliphatic heterocycles. The molecule has 1 amide bonds. The van der Waals surface area contributed by atoms with E-state index in [0.717, 1.165) is 22.4 Å². The summed E-state index contributed by atoms with van der Waals surface area (Å²) < 4.78 is 0. The normalized spacial score (nSPS) is 10.3. The van der Waals surface area contributed by atoms with Crippen LogP contribution in [0.4, 0.5) is 11.5 Å². The molecule has 0 atom stereocenters. The van der Waals surface area contributed by atoms with E-state index in [1.807, 2.05) is 62.4 Å². The highest BCUT2D eigenvalue weighted by molar-refractivity contribution is 5.92. The maximum atomic E-state index is 12.2. The molecule has 1 aromatic heterocycles. The van der Waals surface area contributed by atoms with Crippen LogP contribution >= 0.6 is 0 Å². The number of nitrogens with zero attached hydrogens (tertiary/aromatic N) is 2. The summed E-state index contributed by atoms with van der Waals surface area (Å²) in [4.78, 5) is 12.2. The van der Waals surface area contributed by atoms with Crippen LogP contribution in [0.15, 0.2) is 60.7 Å². The second kappa shape index (κ2) is 7.57. The van der Waals surface area contributed by atoms with Crippen molar-refractivity contribution in [1.29, 1.82) is 0 Å². The monoisotopic (exact) mass is 332 g/mol. The van der Waals surface area contributed by atoms with Crippen LogP contribution in [0.2, 0.25) is 0 Å². The molecule has 0 unspecified atom stereocenters. The number of aryl methyl sites for hydroxylation is 2. The molecule has 25 heavy (non-hydrogen) atoms. The van der Waals surface area contributed by atoms with Crippen LogP contribution < -0.4 is 10.6 Å². The Kier molecular flexibility index (Phi) is 5.04. The topological polar surface area (TPSA) is 66.9 Å². The third-order valence-corrected chi connectivity index (χ3v) is 3.93. The zero-order chi connectivity index (χ0) is 17.6. The standard InChI is InChI=1S/C20H20N4O/c1-14-7-6-8-15(2)19(14)22-18-12-11-17(23-24-18)20(25)21-13-16-9-4-3-5-10-16/h3-12H,13H2,1-2H3,(H,21,25)(H,22,24). The first-order valence-electron chi connectivity index (χ1n) is 8.12. The number of carbonyl (C=O) groups excluding carboxylic acids is 1. The molecule has 0 saturated carbocycles. The number of rotatable bonds is 5. The molecule has 3 aromatic rings. The van der Waals surface area contributed by atoms with E-state index < -0.39 is 0 Å². The highest BCUT2D eigenvalue weighted by Crippen LogP contribution is 2.22. The van der Waals surface area contributed by atoms with Crippen LogP contribution in [0.5, 0.6) is 0 Å². The van der Waals surface area contributed by atoms with Crippen LogP contribution in [0.3, 0.4) is 0 Å².